The van der Waals surface area contributed by atoms with Crippen molar-refractivity contribution in [1.82, 2.24) is 0 Å². The summed E-state index contributed by atoms with van der Waals surface area (Å²) >= 11 is 0. The molecule has 0 aliphatic carbocycles. The molecular weight excluding hydrogens is 266 g/mol. The molecule has 0 amide bonds. The summed E-state index contributed by atoms with van der Waals surface area (Å²) in [6.07, 6.45) is 0.583. The summed E-state index contributed by atoms with van der Waals surface area (Å²) in [5, 5.41) is 18.1. The number of hydrogen-bond donors (Lipinski definition) is 1. The fourth-order valence-corrected chi connectivity index (χ4v) is 2.14. The number of aryl methyl sites for hydroxylation is 1. The molecule has 0 bridgehead atoms. The number of ketones is 1. The van der Waals surface area contributed by atoms with Crippen molar-refractivity contribution in [3.05, 3.63) is 70.8 Å². The Balaban J connectivity index is 2.16. The first-order valence-electron chi connectivity index (χ1n) is 6.47. The summed E-state index contributed by atoms with van der Waals surface area (Å²) in [6.45, 7) is 0. The van der Waals surface area contributed by atoms with Crippen molar-refractivity contribution in [1.29, 1.82) is 5.26 Å². The number of Topliss-reactive ketones (excluding diaryl/α,β-unsaturated/α-hetero) is 1. The largest absolute Gasteiger partial charge is 0.478 e. The molecule has 0 heterocycles. The van der Waals surface area contributed by atoms with Crippen molar-refractivity contribution in [2.24, 2.45) is 0 Å². The van der Waals surface area contributed by atoms with Gasteiger partial charge in [0.1, 0.15) is 0 Å². The molecule has 0 aliphatic heterocycles. The average Bonchev–Trinajstić information content (AvgIpc) is 2.52. The first-order valence-corrected chi connectivity index (χ1v) is 6.47. The molecular formula is C17H13NO3. The molecule has 0 radical (unpaired) electrons. The van der Waals surface area contributed by atoms with Gasteiger partial charge in [-0.2, -0.15) is 5.26 Å². The van der Waals surface area contributed by atoms with E-state index in [0.29, 0.717) is 12.0 Å². The van der Waals surface area contributed by atoms with E-state index in [0.717, 1.165) is 5.56 Å². The maximum absolute atomic E-state index is 12.2. The lowest BCUT2D eigenvalue weighted by Crippen LogP contribution is -2.09. The second-order valence-electron chi connectivity index (χ2n) is 4.54. The summed E-state index contributed by atoms with van der Waals surface area (Å²) in [5.41, 5.74) is 1.55. The number of carboxylic acid groups (broad SMARTS) is 1. The molecule has 0 aromatic heterocycles. The minimum atomic E-state index is -1.11. The fraction of sp³-hybridized carbons (Fsp3) is 0.118. The van der Waals surface area contributed by atoms with Gasteiger partial charge in [-0.1, -0.05) is 36.4 Å². The monoisotopic (exact) mass is 279 g/mol. The van der Waals surface area contributed by atoms with Gasteiger partial charge in [-0.05, 0) is 24.1 Å². The Morgan fingerprint density at radius 3 is 2.29 bits per heavy atom. The minimum Gasteiger partial charge on any atom is -0.478 e. The molecule has 2 rings (SSSR count). The van der Waals surface area contributed by atoms with Gasteiger partial charge in [0.15, 0.2) is 5.78 Å². The number of aromatic carboxylic acids is 1. The maximum Gasteiger partial charge on any atom is 0.336 e. The van der Waals surface area contributed by atoms with Crippen LogP contribution >= 0.6 is 0 Å². The maximum atomic E-state index is 12.2. The second kappa shape index (κ2) is 6.49. The highest BCUT2D eigenvalue weighted by Crippen LogP contribution is 2.15. The zero-order valence-electron chi connectivity index (χ0n) is 11.2. The normalized spacial score (nSPS) is 9.86. The van der Waals surface area contributed by atoms with Crippen molar-refractivity contribution >= 4 is 11.8 Å². The molecule has 104 valence electrons. The Hall–Kier alpha value is -2.93. The quantitative estimate of drug-likeness (QED) is 0.853. The van der Waals surface area contributed by atoms with E-state index in [2.05, 4.69) is 6.07 Å². The molecule has 0 spiro atoms. The molecule has 0 aliphatic rings. The molecule has 0 saturated heterocycles. The third kappa shape index (κ3) is 3.34. The van der Waals surface area contributed by atoms with E-state index in [4.69, 9.17) is 10.4 Å². The lowest BCUT2D eigenvalue weighted by molar-refractivity contribution is 0.0691. The Labute approximate surface area is 122 Å². The van der Waals surface area contributed by atoms with Crippen LogP contribution in [0.15, 0.2) is 48.5 Å². The number of carbonyl (C=O) groups is 2. The molecule has 0 atom stereocenters. The highest BCUT2D eigenvalue weighted by Gasteiger charge is 2.15. The van der Waals surface area contributed by atoms with Crippen LogP contribution < -0.4 is 0 Å². The third-order valence-electron chi connectivity index (χ3n) is 3.22. The van der Waals surface area contributed by atoms with Crippen LogP contribution in [-0.4, -0.2) is 16.9 Å². The lowest BCUT2D eigenvalue weighted by Gasteiger charge is -2.06. The standard InChI is InChI=1S/C17H13NO3/c18-11-13-6-2-1-5-12(13)9-10-16(19)14-7-3-4-8-15(14)17(20)21/h1-8H,9-10H2,(H,20,21). The number of hydrogen-bond acceptors (Lipinski definition) is 3. The van der Waals surface area contributed by atoms with Gasteiger partial charge in [0.25, 0.3) is 0 Å². The van der Waals surface area contributed by atoms with Crippen molar-refractivity contribution in [2.45, 2.75) is 12.8 Å². The van der Waals surface area contributed by atoms with Crippen LogP contribution in [0.5, 0.6) is 0 Å². The van der Waals surface area contributed by atoms with Gasteiger partial charge in [0.2, 0.25) is 0 Å². The Morgan fingerprint density at radius 1 is 1.00 bits per heavy atom. The molecule has 2 aromatic rings. The molecule has 4 heteroatoms. The van der Waals surface area contributed by atoms with E-state index < -0.39 is 5.97 Å². The predicted molar refractivity (Wildman–Crippen MR) is 77.2 cm³/mol. The number of benzene rings is 2. The Morgan fingerprint density at radius 2 is 1.62 bits per heavy atom. The summed E-state index contributed by atoms with van der Waals surface area (Å²) in [7, 11) is 0. The molecule has 4 nitrogen and oxygen atoms in total. The van der Waals surface area contributed by atoms with Gasteiger partial charge in [0.05, 0.1) is 17.2 Å². The summed E-state index contributed by atoms with van der Waals surface area (Å²) in [4.78, 5) is 23.3. The van der Waals surface area contributed by atoms with Crippen molar-refractivity contribution < 1.29 is 14.7 Å². The second-order valence-corrected chi connectivity index (χ2v) is 4.54. The number of rotatable bonds is 5. The van der Waals surface area contributed by atoms with Crippen molar-refractivity contribution in [3.8, 4) is 6.07 Å². The Bertz CT molecular complexity index is 729. The van der Waals surface area contributed by atoms with E-state index in [1.165, 1.54) is 12.1 Å². The first kappa shape index (κ1) is 14.5. The zero-order valence-corrected chi connectivity index (χ0v) is 11.2. The van der Waals surface area contributed by atoms with Crippen LogP contribution in [0.4, 0.5) is 0 Å². The SMILES string of the molecule is N#Cc1ccccc1CCC(=O)c1ccccc1C(=O)O. The Kier molecular flexibility index (Phi) is 4.47. The topological polar surface area (TPSA) is 78.2 Å². The first-order chi connectivity index (χ1) is 10.1. The van der Waals surface area contributed by atoms with Gasteiger partial charge >= 0.3 is 5.97 Å². The van der Waals surface area contributed by atoms with E-state index >= 15 is 0 Å². The summed E-state index contributed by atoms with van der Waals surface area (Å²) in [6, 6.07) is 15.3. The molecule has 2 aromatic carbocycles. The molecule has 1 N–H and O–H groups in total. The van der Waals surface area contributed by atoms with Gasteiger partial charge in [-0.25, -0.2) is 4.79 Å². The molecule has 0 saturated carbocycles. The minimum absolute atomic E-state index is 0.0102. The van der Waals surface area contributed by atoms with Crippen molar-refractivity contribution in [3.63, 3.8) is 0 Å². The number of carbonyl (C=O) groups excluding carboxylic acids is 1. The van der Waals surface area contributed by atoms with Gasteiger partial charge < -0.3 is 5.11 Å². The average molecular weight is 279 g/mol. The van der Waals surface area contributed by atoms with Gasteiger partial charge in [-0.3, -0.25) is 4.79 Å². The fourth-order valence-electron chi connectivity index (χ4n) is 2.14. The van der Waals surface area contributed by atoms with E-state index in [9.17, 15) is 9.59 Å². The summed E-state index contributed by atoms with van der Waals surface area (Å²) < 4.78 is 0. The van der Waals surface area contributed by atoms with Gasteiger partial charge in [-0.15, -0.1) is 0 Å². The predicted octanol–water partition coefficient (Wildman–Crippen LogP) is 3.07. The smallest absolute Gasteiger partial charge is 0.336 e. The van der Waals surface area contributed by atoms with Crippen LogP contribution in [0.2, 0.25) is 0 Å². The van der Waals surface area contributed by atoms with Crippen LogP contribution in [0.3, 0.4) is 0 Å². The van der Waals surface area contributed by atoms with Crippen LogP contribution in [0, 0.1) is 11.3 Å². The van der Waals surface area contributed by atoms with Crippen molar-refractivity contribution in [2.75, 3.05) is 0 Å². The highest BCUT2D eigenvalue weighted by atomic mass is 16.4. The highest BCUT2D eigenvalue weighted by molar-refractivity contribution is 6.05. The van der Waals surface area contributed by atoms with Gasteiger partial charge in [0, 0.05) is 12.0 Å². The lowest BCUT2D eigenvalue weighted by atomic mass is 9.97. The number of carboxylic acids is 1. The molecule has 21 heavy (non-hydrogen) atoms. The van der Waals surface area contributed by atoms with E-state index in [-0.39, 0.29) is 23.3 Å². The van der Waals surface area contributed by atoms with Crippen LogP contribution in [0.25, 0.3) is 0 Å². The number of nitriles is 1. The zero-order chi connectivity index (χ0) is 15.2. The van der Waals surface area contributed by atoms with Crippen LogP contribution in [-0.2, 0) is 6.42 Å². The summed E-state index contributed by atoms with van der Waals surface area (Å²) in [5.74, 6) is -1.35. The molecule has 0 unspecified atom stereocenters. The van der Waals surface area contributed by atoms with E-state index in [1.807, 2.05) is 6.07 Å². The molecule has 0 fully saturated rings. The number of nitrogens with zero attached hydrogens (tertiary/aromatic N) is 1. The van der Waals surface area contributed by atoms with Crippen LogP contribution in [0.1, 0.15) is 38.3 Å². The van der Waals surface area contributed by atoms with E-state index in [1.54, 1.807) is 30.3 Å². The third-order valence-corrected chi connectivity index (χ3v) is 3.22.